The van der Waals surface area contributed by atoms with Gasteiger partial charge in [0.15, 0.2) is 0 Å². The molecule has 0 saturated carbocycles. The molecule has 2 aromatic heterocycles. The Bertz CT molecular complexity index is 559. The second kappa shape index (κ2) is 5.93. The molecule has 0 bridgehead atoms. The number of nitrogens with zero attached hydrogens (tertiary/aromatic N) is 2. The van der Waals surface area contributed by atoms with Crippen LogP contribution in [0.1, 0.15) is 34.9 Å². The first kappa shape index (κ1) is 12.9. The lowest BCUT2D eigenvalue weighted by molar-refractivity contribution is 0.656. The molecule has 19 heavy (non-hydrogen) atoms. The van der Waals surface area contributed by atoms with Gasteiger partial charge in [0.2, 0.25) is 0 Å². The van der Waals surface area contributed by atoms with E-state index in [-0.39, 0.29) is 0 Å². The maximum Gasteiger partial charge on any atom is 0.0580 e. The standard InChI is InChI=1S/C15H15ClN2S/c16-13-6-9-18-15-12(13)2-1-3-14(15)19-10-11-4-7-17-8-5-11/h4-9,14H,1-3,10H2. The van der Waals surface area contributed by atoms with Crippen molar-refractivity contribution >= 4 is 23.4 Å². The molecule has 0 amide bonds. The molecule has 4 heteroatoms. The third kappa shape index (κ3) is 2.93. The first-order valence-corrected chi connectivity index (χ1v) is 7.91. The molecular formula is C15H15ClN2S. The first-order chi connectivity index (χ1) is 9.34. The Morgan fingerprint density at radius 2 is 2.05 bits per heavy atom. The Hall–Kier alpha value is -1.06. The SMILES string of the molecule is Clc1ccnc2c1CCCC2SCc1ccncc1. The predicted octanol–water partition coefficient (Wildman–Crippen LogP) is 4.44. The van der Waals surface area contributed by atoms with Gasteiger partial charge in [0, 0.05) is 34.6 Å². The van der Waals surface area contributed by atoms with Crippen molar-refractivity contribution < 1.29 is 0 Å². The molecule has 98 valence electrons. The lowest BCUT2D eigenvalue weighted by Crippen LogP contribution is -2.10. The van der Waals surface area contributed by atoms with Gasteiger partial charge in [0.1, 0.15) is 0 Å². The average molecular weight is 291 g/mol. The summed E-state index contributed by atoms with van der Waals surface area (Å²) in [6.07, 6.45) is 8.98. The molecule has 3 rings (SSSR count). The van der Waals surface area contributed by atoms with Gasteiger partial charge in [-0.1, -0.05) is 11.6 Å². The van der Waals surface area contributed by atoms with E-state index >= 15 is 0 Å². The number of fused-ring (bicyclic) bond motifs is 1. The Morgan fingerprint density at radius 1 is 1.21 bits per heavy atom. The van der Waals surface area contributed by atoms with Crippen molar-refractivity contribution in [3.8, 4) is 0 Å². The Morgan fingerprint density at radius 3 is 2.89 bits per heavy atom. The van der Waals surface area contributed by atoms with Crippen LogP contribution in [0.2, 0.25) is 5.02 Å². The number of aromatic nitrogens is 2. The quantitative estimate of drug-likeness (QED) is 0.836. The second-order valence-electron chi connectivity index (χ2n) is 4.70. The van der Waals surface area contributed by atoms with Crippen LogP contribution in [0.15, 0.2) is 36.8 Å². The van der Waals surface area contributed by atoms with Crippen molar-refractivity contribution in [3.63, 3.8) is 0 Å². The summed E-state index contributed by atoms with van der Waals surface area (Å²) in [5.74, 6) is 1.00. The van der Waals surface area contributed by atoms with E-state index in [1.54, 1.807) is 0 Å². The second-order valence-corrected chi connectivity index (χ2v) is 6.30. The number of rotatable bonds is 3. The number of hydrogen-bond acceptors (Lipinski definition) is 3. The zero-order valence-corrected chi connectivity index (χ0v) is 12.1. The lowest BCUT2D eigenvalue weighted by Gasteiger charge is -2.24. The van der Waals surface area contributed by atoms with Crippen LogP contribution in [-0.4, -0.2) is 9.97 Å². The summed E-state index contributed by atoms with van der Waals surface area (Å²) in [4.78, 5) is 8.60. The zero-order chi connectivity index (χ0) is 13.1. The normalized spacial score (nSPS) is 18.1. The minimum Gasteiger partial charge on any atom is -0.265 e. The van der Waals surface area contributed by atoms with E-state index in [1.165, 1.54) is 29.7 Å². The smallest absolute Gasteiger partial charge is 0.0580 e. The number of thioether (sulfide) groups is 1. The molecule has 1 unspecified atom stereocenters. The molecule has 0 spiro atoms. The Labute approximate surface area is 122 Å². The monoisotopic (exact) mass is 290 g/mol. The van der Waals surface area contributed by atoms with Crippen LogP contribution < -0.4 is 0 Å². The molecule has 2 heterocycles. The number of pyridine rings is 2. The highest BCUT2D eigenvalue weighted by molar-refractivity contribution is 7.98. The molecule has 0 radical (unpaired) electrons. The highest BCUT2D eigenvalue weighted by atomic mass is 35.5. The maximum absolute atomic E-state index is 6.27. The molecule has 2 nitrogen and oxygen atoms in total. The van der Waals surface area contributed by atoms with Gasteiger partial charge in [-0.3, -0.25) is 9.97 Å². The average Bonchev–Trinajstić information content (AvgIpc) is 2.47. The molecule has 0 aliphatic heterocycles. The summed E-state index contributed by atoms with van der Waals surface area (Å²) in [6, 6.07) is 6.04. The van der Waals surface area contributed by atoms with E-state index in [0.717, 1.165) is 17.2 Å². The van der Waals surface area contributed by atoms with Crippen molar-refractivity contribution in [2.75, 3.05) is 0 Å². The van der Waals surface area contributed by atoms with Crippen LogP contribution in [0.3, 0.4) is 0 Å². The van der Waals surface area contributed by atoms with Gasteiger partial charge in [-0.15, -0.1) is 11.8 Å². The molecule has 1 atom stereocenters. The van der Waals surface area contributed by atoms with Crippen LogP contribution in [0.4, 0.5) is 0 Å². The highest BCUT2D eigenvalue weighted by Crippen LogP contribution is 2.41. The largest absolute Gasteiger partial charge is 0.265 e. The summed E-state index contributed by atoms with van der Waals surface area (Å²) >= 11 is 8.22. The first-order valence-electron chi connectivity index (χ1n) is 6.48. The minimum atomic E-state index is 0.468. The maximum atomic E-state index is 6.27. The highest BCUT2D eigenvalue weighted by Gasteiger charge is 2.23. The van der Waals surface area contributed by atoms with Gasteiger partial charge in [0.25, 0.3) is 0 Å². The van der Waals surface area contributed by atoms with Crippen LogP contribution >= 0.6 is 23.4 Å². The summed E-state index contributed by atoms with van der Waals surface area (Å²) in [5.41, 5.74) is 3.76. The van der Waals surface area contributed by atoms with Crippen LogP contribution in [0.25, 0.3) is 0 Å². The minimum absolute atomic E-state index is 0.468. The van der Waals surface area contributed by atoms with Gasteiger partial charge in [-0.2, -0.15) is 0 Å². The zero-order valence-electron chi connectivity index (χ0n) is 10.6. The number of hydrogen-bond donors (Lipinski definition) is 0. The summed E-state index contributed by atoms with van der Waals surface area (Å²) < 4.78 is 0. The third-order valence-electron chi connectivity index (χ3n) is 3.43. The van der Waals surface area contributed by atoms with Crippen molar-refractivity contribution in [3.05, 3.63) is 58.6 Å². The Kier molecular flexibility index (Phi) is 4.04. The van der Waals surface area contributed by atoms with E-state index in [9.17, 15) is 0 Å². The van der Waals surface area contributed by atoms with E-state index in [2.05, 4.69) is 22.1 Å². The van der Waals surface area contributed by atoms with Gasteiger partial charge in [0.05, 0.1) is 5.69 Å². The molecule has 1 aliphatic rings. The summed E-state index contributed by atoms with van der Waals surface area (Å²) in [5, 5.41) is 1.34. The fourth-order valence-electron chi connectivity index (χ4n) is 2.45. The summed E-state index contributed by atoms with van der Waals surface area (Å²) in [7, 11) is 0. The molecule has 1 aliphatic carbocycles. The van der Waals surface area contributed by atoms with Crippen molar-refractivity contribution in [2.24, 2.45) is 0 Å². The van der Waals surface area contributed by atoms with Crippen molar-refractivity contribution in [1.29, 1.82) is 0 Å². The summed E-state index contributed by atoms with van der Waals surface area (Å²) in [6.45, 7) is 0. The molecule has 0 saturated heterocycles. The lowest BCUT2D eigenvalue weighted by atomic mass is 9.96. The third-order valence-corrected chi connectivity index (χ3v) is 5.15. The fourth-order valence-corrected chi connectivity index (χ4v) is 3.98. The number of halogens is 1. The Balaban J connectivity index is 1.75. The van der Waals surface area contributed by atoms with Crippen molar-refractivity contribution in [1.82, 2.24) is 9.97 Å². The van der Waals surface area contributed by atoms with Crippen molar-refractivity contribution in [2.45, 2.75) is 30.3 Å². The predicted molar refractivity (Wildman–Crippen MR) is 80.5 cm³/mol. The molecule has 0 N–H and O–H groups in total. The van der Waals surface area contributed by atoms with E-state index < -0.39 is 0 Å². The van der Waals surface area contributed by atoms with E-state index in [4.69, 9.17) is 11.6 Å². The van der Waals surface area contributed by atoms with E-state index in [1.807, 2.05) is 36.4 Å². The van der Waals surface area contributed by atoms with Gasteiger partial charge >= 0.3 is 0 Å². The molecule has 0 aromatic carbocycles. The van der Waals surface area contributed by atoms with Gasteiger partial charge < -0.3 is 0 Å². The van der Waals surface area contributed by atoms with Crippen LogP contribution in [0, 0.1) is 0 Å². The van der Waals surface area contributed by atoms with Gasteiger partial charge in [-0.25, -0.2) is 0 Å². The van der Waals surface area contributed by atoms with Gasteiger partial charge in [-0.05, 0) is 48.6 Å². The van der Waals surface area contributed by atoms with Crippen LogP contribution in [-0.2, 0) is 12.2 Å². The fraction of sp³-hybridized carbons (Fsp3) is 0.333. The molecular weight excluding hydrogens is 276 g/mol. The van der Waals surface area contributed by atoms with Crippen LogP contribution in [0.5, 0.6) is 0 Å². The molecule has 0 fully saturated rings. The molecule has 2 aromatic rings. The van der Waals surface area contributed by atoms with E-state index in [0.29, 0.717) is 5.25 Å². The topological polar surface area (TPSA) is 25.8 Å².